The second-order valence-electron chi connectivity index (χ2n) is 7.91. The highest BCUT2D eigenvalue weighted by Crippen LogP contribution is 2.26. The van der Waals surface area contributed by atoms with E-state index in [9.17, 15) is 9.59 Å². The number of rotatable bonds is 8. The van der Waals surface area contributed by atoms with Crippen LogP contribution >= 0.6 is 11.8 Å². The number of nitrogens with zero attached hydrogens (tertiary/aromatic N) is 1. The summed E-state index contributed by atoms with van der Waals surface area (Å²) >= 11 is 1.74. The summed E-state index contributed by atoms with van der Waals surface area (Å²) < 4.78 is 4.96. The van der Waals surface area contributed by atoms with Crippen LogP contribution in [0.5, 0.6) is 0 Å². The Labute approximate surface area is 208 Å². The molecule has 2 N–H and O–H groups in total. The van der Waals surface area contributed by atoms with Crippen LogP contribution in [0.25, 0.3) is 0 Å². The molecule has 0 aromatic rings. The average molecular weight is 483 g/mol. The molecule has 1 aliphatic rings. The van der Waals surface area contributed by atoms with Crippen LogP contribution < -0.4 is 5.73 Å². The SMILES string of the molecule is C=C/C=C\C1=C(C)SCCC(=O)N1C.CC.CC.COC(CCC/C=C/C(C)(C)C)C(N)=O. The number of nitrogens with two attached hydrogens (primary N) is 1. The van der Waals surface area contributed by atoms with E-state index in [0.717, 1.165) is 24.3 Å². The number of carbonyl (C=O) groups is 2. The topological polar surface area (TPSA) is 72.6 Å². The van der Waals surface area contributed by atoms with Crippen molar-refractivity contribution in [1.29, 1.82) is 0 Å². The predicted molar refractivity (Wildman–Crippen MR) is 147 cm³/mol. The Kier molecular flexibility index (Phi) is 23.9. The van der Waals surface area contributed by atoms with Crippen molar-refractivity contribution < 1.29 is 14.3 Å². The van der Waals surface area contributed by atoms with Gasteiger partial charge in [0.15, 0.2) is 0 Å². The van der Waals surface area contributed by atoms with E-state index >= 15 is 0 Å². The fourth-order valence-electron chi connectivity index (χ4n) is 2.53. The van der Waals surface area contributed by atoms with Gasteiger partial charge in [0.1, 0.15) is 6.10 Å². The molecule has 1 atom stereocenters. The molecule has 1 unspecified atom stereocenters. The number of thioether (sulfide) groups is 1. The van der Waals surface area contributed by atoms with Gasteiger partial charge in [-0.15, -0.1) is 11.8 Å². The lowest BCUT2D eigenvalue weighted by Crippen LogP contribution is -2.29. The zero-order valence-electron chi connectivity index (χ0n) is 22.9. The zero-order chi connectivity index (χ0) is 26.4. The highest BCUT2D eigenvalue weighted by atomic mass is 32.2. The highest BCUT2D eigenvalue weighted by molar-refractivity contribution is 8.03. The first-order valence-corrected chi connectivity index (χ1v) is 12.9. The largest absolute Gasteiger partial charge is 0.372 e. The van der Waals surface area contributed by atoms with Gasteiger partial charge < -0.3 is 15.4 Å². The van der Waals surface area contributed by atoms with Crippen molar-refractivity contribution in [3.63, 3.8) is 0 Å². The maximum atomic E-state index is 11.6. The van der Waals surface area contributed by atoms with E-state index in [1.165, 1.54) is 12.0 Å². The molecule has 0 spiro atoms. The number of likely N-dealkylation sites (N-methyl/N-ethyl adjacent to an activating group) is 1. The molecular weight excluding hydrogens is 432 g/mol. The summed E-state index contributed by atoms with van der Waals surface area (Å²) in [7, 11) is 3.33. The third-order valence-corrected chi connectivity index (χ3v) is 5.23. The molecular formula is C27H50N2O3S. The molecule has 1 heterocycles. The Morgan fingerprint density at radius 1 is 1.27 bits per heavy atom. The number of primary amides is 1. The van der Waals surface area contributed by atoms with Crippen molar-refractivity contribution in [3.8, 4) is 0 Å². The smallest absolute Gasteiger partial charge is 0.246 e. The van der Waals surface area contributed by atoms with Gasteiger partial charge >= 0.3 is 0 Å². The normalized spacial score (nSPS) is 15.0. The van der Waals surface area contributed by atoms with E-state index in [1.54, 1.807) is 22.7 Å². The lowest BCUT2D eigenvalue weighted by molar-refractivity contribution is -0.128. The summed E-state index contributed by atoms with van der Waals surface area (Å²) in [4.78, 5) is 25.3. The Morgan fingerprint density at radius 2 is 1.85 bits per heavy atom. The number of hydrogen-bond acceptors (Lipinski definition) is 4. The van der Waals surface area contributed by atoms with Crippen LogP contribution in [0.15, 0.2) is 47.6 Å². The van der Waals surface area contributed by atoms with E-state index in [1.807, 2.05) is 53.8 Å². The lowest BCUT2D eigenvalue weighted by atomic mass is 9.95. The number of ether oxygens (including phenoxy) is 1. The molecule has 1 rings (SSSR count). The summed E-state index contributed by atoms with van der Waals surface area (Å²) in [5.74, 6) is 0.677. The molecule has 0 radical (unpaired) electrons. The van der Waals surface area contributed by atoms with Crippen LogP contribution in [0.4, 0.5) is 0 Å². The van der Waals surface area contributed by atoms with Gasteiger partial charge in [-0.05, 0) is 37.7 Å². The van der Waals surface area contributed by atoms with Crippen LogP contribution in [-0.2, 0) is 14.3 Å². The molecule has 33 heavy (non-hydrogen) atoms. The molecule has 192 valence electrons. The van der Waals surface area contributed by atoms with Crippen LogP contribution in [0.2, 0.25) is 0 Å². The first kappa shape index (κ1) is 35.8. The Bertz CT molecular complexity index is 632. The second-order valence-corrected chi connectivity index (χ2v) is 9.22. The first-order valence-electron chi connectivity index (χ1n) is 11.9. The molecule has 0 aromatic heterocycles. The van der Waals surface area contributed by atoms with Crippen molar-refractivity contribution in [2.75, 3.05) is 19.9 Å². The van der Waals surface area contributed by atoms with Crippen molar-refractivity contribution in [2.45, 2.75) is 87.2 Å². The van der Waals surface area contributed by atoms with Crippen molar-refractivity contribution in [1.82, 2.24) is 4.90 Å². The van der Waals surface area contributed by atoms with Gasteiger partial charge in [0.2, 0.25) is 11.8 Å². The predicted octanol–water partition coefficient (Wildman–Crippen LogP) is 6.87. The molecule has 1 aliphatic heterocycles. The number of allylic oxidation sites excluding steroid dienone is 6. The Balaban J connectivity index is -0.000000474. The molecule has 0 aliphatic carbocycles. The highest BCUT2D eigenvalue weighted by Gasteiger charge is 2.17. The minimum Gasteiger partial charge on any atom is -0.372 e. The number of methoxy groups -OCH3 is 1. The molecule has 0 saturated heterocycles. The van der Waals surface area contributed by atoms with E-state index in [4.69, 9.17) is 10.5 Å². The molecule has 0 saturated carbocycles. The van der Waals surface area contributed by atoms with Gasteiger partial charge in [-0.1, -0.05) is 79.3 Å². The maximum Gasteiger partial charge on any atom is 0.246 e. The summed E-state index contributed by atoms with van der Waals surface area (Å²) in [5.41, 5.74) is 6.36. The van der Waals surface area contributed by atoms with E-state index < -0.39 is 6.10 Å². The zero-order valence-corrected chi connectivity index (χ0v) is 23.7. The first-order chi connectivity index (χ1) is 15.5. The average Bonchev–Trinajstić information content (AvgIpc) is 2.89. The maximum absolute atomic E-state index is 11.6. The minimum absolute atomic E-state index is 0.179. The summed E-state index contributed by atoms with van der Waals surface area (Å²) in [6.45, 7) is 20.1. The van der Waals surface area contributed by atoms with Crippen molar-refractivity contribution >= 4 is 23.6 Å². The molecule has 0 fully saturated rings. The minimum atomic E-state index is -0.437. The monoisotopic (exact) mass is 482 g/mol. The van der Waals surface area contributed by atoms with Gasteiger partial charge in [-0.25, -0.2) is 0 Å². The standard InChI is InChI=1S/C12H23NO2.C11H15NOS.2C2H6/c1-12(2,3)9-7-5-6-8-10(15-4)11(13)14;1-4-5-6-10-9(2)14-8-7-11(13)12(10)3;2*1-2/h7,9-10H,5-6,8H2,1-4H3,(H2,13,14);4-6H,1,7-8H2,2-3H3;2*1-2H3/b9-7+;6-5-;;. The Morgan fingerprint density at radius 3 is 2.30 bits per heavy atom. The number of carbonyl (C=O) groups excluding carboxylic acids is 2. The van der Waals surface area contributed by atoms with Gasteiger partial charge in [0.05, 0.1) is 5.70 Å². The molecule has 5 nitrogen and oxygen atoms in total. The third kappa shape index (κ3) is 19.4. The Hall–Kier alpha value is -1.79. The van der Waals surface area contributed by atoms with Crippen molar-refractivity contribution in [3.05, 3.63) is 47.6 Å². The van der Waals surface area contributed by atoms with Crippen LogP contribution in [-0.4, -0.2) is 42.7 Å². The fraction of sp³-hybridized carbons (Fsp3) is 0.630. The van der Waals surface area contributed by atoms with E-state index in [0.29, 0.717) is 12.8 Å². The van der Waals surface area contributed by atoms with Crippen LogP contribution in [0.1, 0.15) is 81.1 Å². The molecule has 0 bridgehead atoms. The van der Waals surface area contributed by atoms with Gasteiger partial charge in [0, 0.05) is 31.2 Å². The molecule has 0 aromatic carbocycles. The number of hydrogen-bond donors (Lipinski definition) is 1. The molecule has 6 heteroatoms. The van der Waals surface area contributed by atoms with Gasteiger partial charge in [-0.2, -0.15) is 0 Å². The molecule has 2 amide bonds. The number of unbranched alkanes of at least 4 members (excludes halogenated alkanes) is 1. The second kappa shape index (κ2) is 22.0. The summed E-state index contributed by atoms with van der Waals surface area (Å²) in [6, 6.07) is 0. The lowest BCUT2D eigenvalue weighted by Gasteiger charge is -2.17. The number of amides is 2. The van der Waals surface area contributed by atoms with Crippen LogP contribution in [0.3, 0.4) is 0 Å². The quantitative estimate of drug-likeness (QED) is 0.233. The summed E-state index contributed by atoms with van der Waals surface area (Å²) in [6.07, 6.45) is 12.6. The van der Waals surface area contributed by atoms with Crippen molar-refractivity contribution in [2.24, 2.45) is 11.1 Å². The van der Waals surface area contributed by atoms with Gasteiger partial charge in [-0.3, -0.25) is 9.59 Å². The van der Waals surface area contributed by atoms with Gasteiger partial charge in [0.25, 0.3) is 0 Å². The fourth-order valence-corrected chi connectivity index (χ4v) is 3.46. The third-order valence-electron chi connectivity index (χ3n) is 4.18. The van der Waals surface area contributed by atoms with E-state index in [2.05, 4.69) is 39.5 Å². The van der Waals surface area contributed by atoms with E-state index in [-0.39, 0.29) is 17.2 Å². The summed E-state index contributed by atoms with van der Waals surface area (Å²) in [5, 5.41) is 0. The van der Waals surface area contributed by atoms with Crippen LogP contribution in [0, 0.1) is 5.41 Å².